The van der Waals surface area contributed by atoms with E-state index in [1.807, 2.05) is 0 Å². The molecule has 0 radical (unpaired) electrons. The molecule has 6 heteroatoms. The van der Waals surface area contributed by atoms with Crippen LogP contribution in [0.2, 0.25) is 0 Å². The van der Waals surface area contributed by atoms with E-state index in [0.717, 1.165) is 0 Å². The Balaban J connectivity index is 3.73. The van der Waals surface area contributed by atoms with Gasteiger partial charge in [-0.2, -0.15) is 0 Å². The van der Waals surface area contributed by atoms with E-state index in [1.165, 1.54) is 6.92 Å². The zero-order valence-corrected chi connectivity index (χ0v) is 9.73. The first-order chi connectivity index (χ1) is 7.97. The summed E-state index contributed by atoms with van der Waals surface area (Å²) in [4.78, 5) is 33.0. The van der Waals surface area contributed by atoms with E-state index < -0.39 is 17.9 Å². The number of ether oxygens (including phenoxy) is 2. The van der Waals surface area contributed by atoms with Gasteiger partial charge in [0.25, 0.3) is 0 Å². The Bertz CT molecular complexity index is 307. The molecule has 0 aliphatic rings. The smallest absolute Gasteiger partial charge is 0.340 e. The van der Waals surface area contributed by atoms with Gasteiger partial charge in [-0.25, -0.2) is 4.79 Å². The molecule has 0 bridgehead atoms. The minimum Gasteiger partial charge on any atom is -0.466 e. The molecule has 17 heavy (non-hydrogen) atoms. The molecule has 0 atom stereocenters. The quantitative estimate of drug-likeness (QED) is 0.300. The molecule has 6 nitrogen and oxygen atoms in total. The summed E-state index contributed by atoms with van der Waals surface area (Å²) in [5, 5.41) is 8.44. The molecule has 0 amide bonds. The molecule has 0 aromatic carbocycles. The maximum atomic E-state index is 11.1. The van der Waals surface area contributed by atoms with Gasteiger partial charge in [-0.1, -0.05) is 6.58 Å². The SMILES string of the molecule is C=C(C)C(=O)OC(=O)CCC(=O)OCCCO. The maximum absolute atomic E-state index is 11.1. The number of aliphatic hydroxyl groups is 1. The van der Waals surface area contributed by atoms with Gasteiger partial charge in [0.05, 0.1) is 19.4 Å². The van der Waals surface area contributed by atoms with Gasteiger partial charge >= 0.3 is 17.9 Å². The van der Waals surface area contributed by atoms with Crippen molar-refractivity contribution in [3.8, 4) is 0 Å². The van der Waals surface area contributed by atoms with Crippen LogP contribution in [0, 0.1) is 0 Å². The van der Waals surface area contributed by atoms with Crippen LogP contribution in [0.15, 0.2) is 12.2 Å². The molecule has 0 aromatic rings. The molecule has 96 valence electrons. The van der Waals surface area contributed by atoms with Crippen LogP contribution in [0.1, 0.15) is 26.2 Å². The number of rotatable bonds is 7. The number of hydrogen-bond acceptors (Lipinski definition) is 6. The number of carbonyl (C=O) groups excluding carboxylic acids is 3. The summed E-state index contributed by atoms with van der Waals surface area (Å²) >= 11 is 0. The summed E-state index contributed by atoms with van der Waals surface area (Å²) < 4.78 is 9.04. The van der Waals surface area contributed by atoms with E-state index in [0.29, 0.717) is 6.42 Å². The summed E-state index contributed by atoms with van der Waals surface area (Å²) in [5.41, 5.74) is 0.115. The average molecular weight is 244 g/mol. The number of esters is 3. The van der Waals surface area contributed by atoms with Crippen molar-refractivity contribution in [2.75, 3.05) is 13.2 Å². The average Bonchev–Trinajstić information content (AvgIpc) is 2.26. The molecule has 0 saturated carbocycles. The second-order valence-corrected chi connectivity index (χ2v) is 3.34. The highest BCUT2D eigenvalue weighted by Crippen LogP contribution is 1.99. The molecule has 0 saturated heterocycles. The number of hydrogen-bond donors (Lipinski definition) is 1. The zero-order valence-electron chi connectivity index (χ0n) is 9.73. The molecule has 0 rings (SSSR count). The highest BCUT2D eigenvalue weighted by atomic mass is 16.6. The fourth-order valence-electron chi connectivity index (χ4n) is 0.768. The minimum atomic E-state index is -0.802. The lowest BCUT2D eigenvalue weighted by molar-refractivity contribution is -0.159. The zero-order chi connectivity index (χ0) is 13.3. The second kappa shape index (κ2) is 8.46. The number of carbonyl (C=O) groups is 3. The molecule has 0 aliphatic carbocycles. The Kier molecular flexibility index (Phi) is 7.62. The van der Waals surface area contributed by atoms with Gasteiger partial charge < -0.3 is 14.6 Å². The van der Waals surface area contributed by atoms with Crippen molar-refractivity contribution in [3.63, 3.8) is 0 Å². The van der Waals surface area contributed by atoms with Crippen molar-refractivity contribution in [1.82, 2.24) is 0 Å². The lowest BCUT2D eigenvalue weighted by atomic mass is 10.3. The van der Waals surface area contributed by atoms with Crippen LogP contribution in [-0.4, -0.2) is 36.2 Å². The van der Waals surface area contributed by atoms with E-state index in [4.69, 9.17) is 5.11 Å². The fourth-order valence-corrected chi connectivity index (χ4v) is 0.768. The van der Waals surface area contributed by atoms with Gasteiger partial charge in [-0.3, -0.25) is 9.59 Å². The first-order valence-corrected chi connectivity index (χ1v) is 5.14. The predicted molar refractivity (Wildman–Crippen MR) is 57.8 cm³/mol. The van der Waals surface area contributed by atoms with Gasteiger partial charge in [0, 0.05) is 18.6 Å². The lowest BCUT2D eigenvalue weighted by Crippen LogP contribution is -2.15. The van der Waals surface area contributed by atoms with E-state index in [-0.39, 0.29) is 31.6 Å². The molecule has 1 N–H and O–H groups in total. The van der Waals surface area contributed by atoms with Crippen LogP contribution in [-0.2, 0) is 23.9 Å². The Morgan fingerprint density at radius 2 is 1.76 bits per heavy atom. The summed E-state index contributed by atoms with van der Waals surface area (Å²) in [6.07, 6.45) is -0.0327. The van der Waals surface area contributed by atoms with Crippen LogP contribution < -0.4 is 0 Å². The topological polar surface area (TPSA) is 89.9 Å². The molecule has 0 fully saturated rings. The standard InChI is InChI=1S/C11H16O6/c1-8(2)11(15)17-10(14)5-4-9(13)16-7-3-6-12/h12H,1,3-7H2,2H3. The van der Waals surface area contributed by atoms with Crippen molar-refractivity contribution >= 4 is 17.9 Å². The molecule has 0 unspecified atom stereocenters. The predicted octanol–water partition coefficient (Wildman–Crippen LogP) is 0.338. The van der Waals surface area contributed by atoms with E-state index in [2.05, 4.69) is 16.1 Å². The Labute approximate surface area is 99.2 Å². The van der Waals surface area contributed by atoms with Crippen molar-refractivity contribution < 1.29 is 29.0 Å². The first kappa shape index (κ1) is 15.3. The largest absolute Gasteiger partial charge is 0.466 e. The van der Waals surface area contributed by atoms with Gasteiger partial charge in [-0.05, 0) is 6.92 Å². The fraction of sp³-hybridized carbons (Fsp3) is 0.545. The van der Waals surface area contributed by atoms with Crippen LogP contribution in [0.4, 0.5) is 0 Å². The van der Waals surface area contributed by atoms with Crippen LogP contribution in [0.3, 0.4) is 0 Å². The van der Waals surface area contributed by atoms with Crippen molar-refractivity contribution in [2.45, 2.75) is 26.2 Å². The molecule has 0 aromatic heterocycles. The molecule has 0 aliphatic heterocycles. The number of aliphatic hydroxyl groups excluding tert-OH is 1. The monoisotopic (exact) mass is 244 g/mol. The summed E-state index contributed by atoms with van der Waals surface area (Å²) in [5.74, 6) is -2.17. The van der Waals surface area contributed by atoms with E-state index in [9.17, 15) is 14.4 Å². The minimum absolute atomic E-state index is 0.0670. The molecule has 0 spiro atoms. The summed E-state index contributed by atoms with van der Waals surface area (Å²) in [6, 6.07) is 0. The molecular formula is C11H16O6. The van der Waals surface area contributed by atoms with Crippen LogP contribution >= 0.6 is 0 Å². The maximum Gasteiger partial charge on any atom is 0.340 e. The van der Waals surface area contributed by atoms with Gasteiger partial charge in [0.2, 0.25) is 0 Å². The van der Waals surface area contributed by atoms with E-state index >= 15 is 0 Å². The van der Waals surface area contributed by atoms with E-state index in [1.54, 1.807) is 0 Å². The third-order valence-corrected chi connectivity index (χ3v) is 1.65. The van der Waals surface area contributed by atoms with Gasteiger partial charge in [-0.15, -0.1) is 0 Å². The van der Waals surface area contributed by atoms with Crippen molar-refractivity contribution in [2.24, 2.45) is 0 Å². The Hall–Kier alpha value is -1.69. The van der Waals surface area contributed by atoms with Gasteiger partial charge in [0.15, 0.2) is 0 Å². The highest BCUT2D eigenvalue weighted by Gasteiger charge is 2.13. The Morgan fingerprint density at radius 3 is 2.29 bits per heavy atom. The van der Waals surface area contributed by atoms with Gasteiger partial charge in [0.1, 0.15) is 0 Å². The Morgan fingerprint density at radius 1 is 1.18 bits per heavy atom. The third-order valence-electron chi connectivity index (χ3n) is 1.65. The first-order valence-electron chi connectivity index (χ1n) is 5.14. The normalized spacial score (nSPS) is 9.53. The summed E-state index contributed by atoms with van der Waals surface area (Å²) in [7, 11) is 0. The second-order valence-electron chi connectivity index (χ2n) is 3.34. The van der Waals surface area contributed by atoms with Crippen molar-refractivity contribution in [1.29, 1.82) is 0 Å². The lowest BCUT2D eigenvalue weighted by Gasteiger charge is -2.03. The van der Waals surface area contributed by atoms with Crippen molar-refractivity contribution in [3.05, 3.63) is 12.2 Å². The highest BCUT2D eigenvalue weighted by molar-refractivity contribution is 5.95. The molecule has 0 heterocycles. The van der Waals surface area contributed by atoms with Crippen LogP contribution in [0.5, 0.6) is 0 Å². The summed E-state index contributed by atoms with van der Waals surface area (Å²) in [6.45, 7) is 4.77. The molecular weight excluding hydrogens is 228 g/mol. The third kappa shape index (κ3) is 8.15. The van der Waals surface area contributed by atoms with Crippen LogP contribution in [0.25, 0.3) is 0 Å².